The molecular formula is C18H23ClN3O-. The minimum Gasteiger partial charge on any atom is -1.00 e. The highest BCUT2D eigenvalue weighted by molar-refractivity contribution is 5.85. The number of hydrogen-bond acceptors (Lipinski definition) is 4. The summed E-state index contributed by atoms with van der Waals surface area (Å²) < 4.78 is 0. The van der Waals surface area contributed by atoms with Gasteiger partial charge in [0.1, 0.15) is 5.75 Å². The van der Waals surface area contributed by atoms with E-state index in [1.165, 1.54) is 5.56 Å². The third-order valence-electron chi connectivity index (χ3n) is 3.59. The van der Waals surface area contributed by atoms with E-state index in [1.54, 1.807) is 12.3 Å². The van der Waals surface area contributed by atoms with Crippen LogP contribution in [0.2, 0.25) is 0 Å². The Morgan fingerprint density at radius 2 is 1.74 bits per heavy atom. The number of anilines is 2. The summed E-state index contributed by atoms with van der Waals surface area (Å²) in [5.74, 6) is 0.235. The van der Waals surface area contributed by atoms with Crippen molar-refractivity contribution in [1.29, 1.82) is 0 Å². The molecule has 0 saturated carbocycles. The molecule has 0 aliphatic heterocycles. The summed E-state index contributed by atoms with van der Waals surface area (Å²) in [5.41, 5.74) is 6.79. The van der Waals surface area contributed by atoms with Gasteiger partial charge in [-0.3, -0.25) is 5.43 Å². The van der Waals surface area contributed by atoms with E-state index in [2.05, 4.69) is 29.3 Å². The van der Waals surface area contributed by atoms with Gasteiger partial charge < -0.3 is 22.4 Å². The first-order valence-electron chi connectivity index (χ1n) is 7.57. The normalized spacial score (nSPS) is 10.4. The van der Waals surface area contributed by atoms with Crippen molar-refractivity contribution in [2.45, 2.75) is 20.8 Å². The lowest BCUT2D eigenvalue weighted by molar-refractivity contribution is -0.00000561. The van der Waals surface area contributed by atoms with Crippen molar-refractivity contribution in [1.82, 2.24) is 0 Å². The Bertz CT molecular complexity index is 637. The largest absolute Gasteiger partial charge is 1.00 e. The number of nitrogens with one attached hydrogen (secondary N) is 1. The fraction of sp³-hybridized carbons (Fsp3) is 0.278. The Morgan fingerprint density at radius 3 is 2.30 bits per heavy atom. The van der Waals surface area contributed by atoms with Crippen LogP contribution in [-0.2, 0) is 0 Å². The van der Waals surface area contributed by atoms with Gasteiger partial charge in [-0.2, -0.15) is 5.10 Å². The quantitative estimate of drug-likeness (QED) is 0.613. The zero-order valence-electron chi connectivity index (χ0n) is 13.8. The number of rotatable bonds is 6. The van der Waals surface area contributed by atoms with Crippen LogP contribution in [0.15, 0.2) is 47.6 Å². The summed E-state index contributed by atoms with van der Waals surface area (Å²) in [6.45, 7) is 8.07. The van der Waals surface area contributed by atoms with Crippen LogP contribution in [0.5, 0.6) is 5.75 Å². The lowest BCUT2D eigenvalue weighted by Gasteiger charge is -2.21. The Balaban J connectivity index is 0.00000264. The van der Waals surface area contributed by atoms with Crippen molar-refractivity contribution in [2.75, 3.05) is 23.4 Å². The number of hydrazone groups is 1. The molecule has 23 heavy (non-hydrogen) atoms. The fourth-order valence-corrected chi connectivity index (χ4v) is 2.23. The molecule has 5 heteroatoms. The number of phenolic OH excluding ortho intramolecular Hbond substituents is 1. The van der Waals surface area contributed by atoms with Crippen molar-refractivity contribution in [3.8, 4) is 5.75 Å². The highest BCUT2D eigenvalue weighted by Crippen LogP contribution is 2.23. The summed E-state index contributed by atoms with van der Waals surface area (Å²) in [6, 6.07) is 13.6. The molecule has 0 aliphatic rings. The molecule has 2 aromatic carbocycles. The Labute approximate surface area is 144 Å². The summed E-state index contributed by atoms with van der Waals surface area (Å²) >= 11 is 0. The molecular weight excluding hydrogens is 310 g/mol. The van der Waals surface area contributed by atoms with Crippen molar-refractivity contribution in [3.63, 3.8) is 0 Å². The SMILES string of the molecule is CCN(CC)c1ccc(C=NNc2ccc(C)cc2)c(O)c1.[Cl-]. The molecule has 4 nitrogen and oxygen atoms in total. The van der Waals surface area contributed by atoms with E-state index < -0.39 is 0 Å². The summed E-state index contributed by atoms with van der Waals surface area (Å²) in [6.07, 6.45) is 1.63. The average Bonchev–Trinajstić information content (AvgIpc) is 2.52. The molecule has 0 spiro atoms. The van der Waals surface area contributed by atoms with Crippen LogP contribution in [0.25, 0.3) is 0 Å². The number of halogens is 1. The van der Waals surface area contributed by atoms with Crippen molar-refractivity contribution in [2.24, 2.45) is 5.10 Å². The predicted molar refractivity (Wildman–Crippen MR) is 94.1 cm³/mol. The lowest BCUT2D eigenvalue weighted by Crippen LogP contribution is -3.00. The maximum atomic E-state index is 10.1. The van der Waals surface area contributed by atoms with Crippen molar-refractivity contribution >= 4 is 17.6 Å². The smallest absolute Gasteiger partial charge is 0.126 e. The maximum absolute atomic E-state index is 10.1. The van der Waals surface area contributed by atoms with E-state index in [0.29, 0.717) is 5.56 Å². The third-order valence-corrected chi connectivity index (χ3v) is 3.59. The van der Waals surface area contributed by atoms with Gasteiger partial charge in [0.25, 0.3) is 0 Å². The van der Waals surface area contributed by atoms with Crippen LogP contribution in [0, 0.1) is 6.92 Å². The average molecular weight is 333 g/mol. The number of nitrogens with zero attached hydrogens (tertiary/aromatic N) is 2. The molecule has 0 unspecified atom stereocenters. The second-order valence-electron chi connectivity index (χ2n) is 5.15. The molecule has 2 rings (SSSR count). The van der Waals surface area contributed by atoms with E-state index in [1.807, 2.05) is 43.3 Å². The number of hydrogen-bond donors (Lipinski definition) is 2. The van der Waals surface area contributed by atoms with E-state index >= 15 is 0 Å². The number of phenols is 1. The van der Waals surface area contributed by atoms with Crippen LogP contribution in [-0.4, -0.2) is 24.4 Å². The molecule has 0 aromatic heterocycles. The fourth-order valence-electron chi connectivity index (χ4n) is 2.23. The molecule has 0 saturated heterocycles. The van der Waals surface area contributed by atoms with E-state index in [4.69, 9.17) is 0 Å². The molecule has 0 heterocycles. The van der Waals surface area contributed by atoms with Gasteiger partial charge >= 0.3 is 0 Å². The highest BCUT2D eigenvalue weighted by atomic mass is 35.5. The molecule has 0 amide bonds. The second-order valence-corrected chi connectivity index (χ2v) is 5.15. The van der Waals surface area contributed by atoms with Crippen molar-refractivity contribution < 1.29 is 17.5 Å². The van der Waals surface area contributed by atoms with Gasteiger partial charge in [0.15, 0.2) is 0 Å². The minimum absolute atomic E-state index is 0. The first kappa shape index (κ1) is 18.8. The lowest BCUT2D eigenvalue weighted by atomic mass is 10.2. The van der Waals surface area contributed by atoms with E-state index in [0.717, 1.165) is 24.5 Å². The Hall–Kier alpha value is -2.20. The van der Waals surface area contributed by atoms with Crippen LogP contribution in [0.4, 0.5) is 11.4 Å². The Morgan fingerprint density at radius 1 is 1.09 bits per heavy atom. The van der Waals surface area contributed by atoms with Crippen LogP contribution in [0.3, 0.4) is 0 Å². The second kappa shape index (κ2) is 9.06. The molecule has 2 N–H and O–H groups in total. The zero-order chi connectivity index (χ0) is 15.9. The van der Waals surface area contributed by atoms with E-state index in [-0.39, 0.29) is 18.2 Å². The first-order chi connectivity index (χ1) is 10.6. The van der Waals surface area contributed by atoms with Gasteiger partial charge in [-0.05, 0) is 45.0 Å². The first-order valence-corrected chi connectivity index (χ1v) is 7.57. The Kier molecular flexibility index (Phi) is 7.42. The summed E-state index contributed by atoms with van der Waals surface area (Å²) in [5, 5.41) is 14.3. The van der Waals surface area contributed by atoms with Gasteiger partial charge in [-0.1, -0.05) is 17.7 Å². The minimum atomic E-state index is 0. The van der Waals surface area contributed by atoms with Gasteiger partial charge in [-0.15, -0.1) is 0 Å². The third kappa shape index (κ3) is 5.18. The van der Waals surface area contributed by atoms with Gasteiger partial charge in [-0.25, -0.2) is 0 Å². The molecule has 2 aromatic rings. The standard InChI is InChI=1S/C18H23N3O.ClH/c1-4-21(5-2)17-11-8-15(18(22)12-17)13-19-20-16-9-6-14(3)7-10-16;/h6-13,20,22H,4-5H2,1-3H3;1H/p-1. The molecule has 0 radical (unpaired) electrons. The molecule has 124 valence electrons. The number of aromatic hydroxyl groups is 1. The zero-order valence-corrected chi connectivity index (χ0v) is 14.5. The molecule has 0 atom stereocenters. The van der Waals surface area contributed by atoms with E-state index in [9.17, 15) is 5.11 Å². The highest BCUT2D eigenvalue weighted by Gasteiger charge is 2.05. The predicted octanol–water partition coefficient (Wildman–Crippen LogP) is 0.997. The van der Waals surface area contributed by atoms with Gasteiger partial charge in [0.05, 0.1) is 11.9 Å². The van der Waals surface area contributed by atoms with Crippen LogP contribution >= 0.6 is 0 Å². The van der Waals surface area contributed by atoms with Gasteiger partial charge in [0, 0.05) is 30.4 Å². The van der Waals surface area contributed by atoms with Gasteiger partial charge in [0.2, 0.25) is 0 Å². The number of aryl methyl sites for hydroxylation is 1. The number of benzene rings is 2. The topological polar surface area (TPSA) is 47.9 Å². The van der Waals surface area contributed by atoms with Crippen molar-refractivity contribution in [3.05, 3.63) is 53.6 Å². The molecule has 0 aliphatic carbocycles. The van der Waals surface area contributed by atoms with Crippen LogP contribution < -0.4 is 22.7 Å². The molecule has 0 bridgehead atoms. The monoisotopic (exact) mass is 332 g/mol. The summed E-state index contributed by atoms with van der Waals surface area (Å²) in [4.78, 5) is 2.19. The summed E-state index contributed by atoms with van der Waals surface area (Å²) in [7, 11) is 0. The van der Waals surface area contributed by atoms with Crippen LogP contribution in [0.1, 0.15) is 25.0 Å². The molecule has 0 fully saturated rings. The maximum Gasteiger partial charge on any atom is 0.126 e.